The van der Waals surface area contributed by atoms with Crippen LogP contribution < -0.4 is 9.80 Å². The van der Waals surface area contributed by atoms with E-state index in [1.165, 1.54) is 5.56 Å². The molecule has 0 saturated carbocycles. The van der Waals surface area contributed by atoms with Crippen molar-refractivity contribution in [2.45, 2.75) is 13.3 Å². The molecule has 0 aliphatic carbocycles. The van der Waals surface area contributed by atoms with Gasteiger partial charge in [0.15, 0.2) is 11.5 Å². The number of piperazine rings is 1. The third-order valence-electron chi connectivity index (χ3n) is 5.15. The summed E-state index contributed by atoms with van der Waals surface area (Å²) in [5, 5.41) is 8.53. The highest BCUT2D eigenvalue weighted by Gasteiger charge is 2.26. The number of carbonyl (C=O) groups excluding carboxylic acids is 1. The second-order valence-electron chi connectivity index (χ2n) is 6.53. The van der Waals surface area contributed by atoms with Crippen LogP contribution in [0.2, 0.25) is 0 Å². The van der Waals surface area contributed by atoms with E-state index in [4.69, 9.17) is 0 Å². The summed E-state index contributed by atoms with van der Waals surface area (Å²) >= 11 is 0. The smallest absolute Gasteiger partial charge is 0.278 e. The van der Waals surface area contributed by atoms with Crippen molar-refractivity contribution in [3.63, 3.8) is 0 Å². The van der Waals surface area contributed by atoms with Gasteiger partial charge in [-0.15, -0.1) is 10.2 Å². The second-order valence-corrected chi connectivity index (χ2v) is 6.53. The number of amides is 1. The Balaban J connectivity index is 1.47. The number of para-hydroxylation sites is 1. The zero-order valence-electron chi connectivity index (χ0n) is 14.6. The molecule has 1 aromatic carbocycles. The summed E-state index contributed by atoms with van der Waals surface area (Å²) in [6.45, 7) is 7.98. The lowest BCUT2D eigenvalue weighted by Crippen LogP contribution is -2.46. The lowest BCUT2D eigenvalue weighted by atomic mass is 10.2. The lowest BCUT2D eigenvalue weighted by molar-refractivity contribution is 0.0983. The van der Waals surface area contributed by atoms with Gasteiger partial charge < -0.3 is 14.7 Å². The largest absolute Gasteiger partial charge is 0.353 e. The van der Waals surface area contributed by atoms with Crippen LogP contribution in [-0.4, -0.2) is 60.3 Å². The zero-order chi connectivity index (χ0) is 17.2. The minimum Gasteiger partial charge on any atom is -0.353 e. The Morgan fingerprint density at radius 3 is 2.52 bits per heavy atom. The summed E-state index contributed by atoms with van der Waals surface area (Å²) < 4.78 is 0. The molecular weight excluding hydrogens is 314 g/mol. The molecule has 3 heterocycles. The summed E-state index contributed by atoms with van der Waals surface area (Å²) in [4.78, 5) is 19.2. The van der Waals surface area contributed by atoms with Crippen molar-refractivity contribution in [2.24, 2.45) is 0 Å². The van der Waals surface area contributed by atoms with Crippen LogP contribution in [0.15, 0.2) is 36.4 Å². The fourth-order valence-corrected chi connectivity index (χ4v) is 3.59. The molecule has 0 bridgehead atoms. The monoisotopic (exact) mass is 337 g/mol. The summed E-state index contributed by atoms with van der Waals surface area (Å²) in [6, 6.07) is 11.8. The van der Waals surface area contributed by atoms with Gasteiger partial charge in [-0.3, -0.25) is 4.79 Å². The van der Waals surface area contributed by atoms with Crippen LogP contribution in [-0.2, 0) is 6.42 Å². The number of carbonyl (C=O) groups is 1. The molecule has 130 valence electrons. The molecule has 2 aliphatic heterocycles. The van der Waals surface area contributed by atoms with Crippen molar-refractivity contribution < 1.29 is 4.79 Å². The number of benzene rings is 1. The maximum absolute atomic E-state index is 12.8. The molecule has 6 heteroatoms. The number of likely N-dealkylation sites (N-methyl/N-ethyl adjacent to an activating group) is 1. The molecule has 1 amide bonds. The van der Waals surface area contributed by atoms with E-state index >= 15 is 0 Å². The number of hydrogen-bond donors (Lipinski definition) is 0. The third kappa shape index (κ3) is 3.09. The van der Waals surface area contributed by atoms with E-state index in [1.54, 1.807) is 11.0 Å². The van der Waals surface area contributed by atoms with Crippen molar-refractivity contribution in [1.82, 2.24) is 15.1 Å². The Bertz CT molecular complexity index is 753. The highest BCUT2D eigenvalue weighted by atomic mass is 16.2. The van der Waals surface area contributed by atoms with Gasteiger partial charge in [0.05, 0.1) is 0 Å². The van der Waals surface area contributed by atoms with Gasteiger partial charge in [-0.05, 0) is 36.7 Å². The van der Waals surface area contributed by atoms with Gasteiger partial charge in [0.25, 0.3) is 5.91 Å². The quantitative estimate of drug-likeness (QED) is 0.855. The first-order valence-corrected chi connectivity index (χ1v) is 8.97. The molecule has 1 fully saturated rings. The summed E-state index contributed by atoms with van der Waals surface area (Å²) in [7, 11) is 0. The van der Waals surface area contributed by atoms with Gasteiger partial charge >= 0.3 is 0 Å². The Labute approximate surface area is 148 Å². The molecule has 4 rings (SSSR count). The van der Waals surface area contributed by atoms with Crippen molar-refractivity contribution in [2.75, 3.05) is 49.1 Å². The molecule has 2 aliphatic rings. The van der Waals surface area contributed by atoms with Gasteiger partial charge in [-0.1, -0.05) is 25.1 Å². The Morgan fingerprint density at radius 2 is 1.80 bits per heavy atom. The number of nitrogens with zero attached hydrogens (tertiary/aromatic N) is 5. The Hall–Kier alpha value is -2.47. The molecule has 6 nitrogen and oxygen atoms in total. The van der Waals surface area contributed by atoms with E-state index < -0.39 is 0 Å². The topological polar surface area (TPSA) is 52.6 Å². The van der Waals surface area contributed by atoms with E-state index in [9.17, 15) is 4.79 Å². The van der Waals surface area contributed by atoms with Crippen molar-refractivity contribution >= 4 is 17.4 Å². The number of aromatic nitrogens is 2. The predicted octanol–water partition coefficient (Wildman–Crippen LogP) is 1.82. The van der Waals surface area contributed by atoms with Crippen LogP contribution >= 0.6 is 0 Å². The van der Waals surface area contributed by atoms with Crippen molar-refractivity contribution in [1.29, 1.82) is 0 Å². The van der Waals surface area contributed by atoms with Gasteiger partial charge in [-0.25, -0.2) is 0 Å². The first kappa shape index (κ1) is 16.0. The van der Waals surface area contributed by atoms with Crippen LogP contribution in [0.25, 0.3) is 0 Å². The zero-order valence-corrected chi connectivity index (χ0v) is 14.6. The minimum atomic E-state index is -0.0696. The fraction of sp³-hybridized carbons (Fsp3) is 0.421. The maximum atomic E-state index is 12.8. The first-order chi connectivity index (χ1) is 12.3. The first-order valence-electron chi connectivity index (χ1n) is 8.97. The third-order valence-corrected chi connectivity index (χ3v) is 5.15. The second kappa shape index (κ2) is 6.80. The molecule has 0 atom stereocenters. The van der Waals surface area contributed by atoms with Gasteiger partial charge in [0.1, 0.15) is 0 Å². The molecule has 1 saturated heterocycles. The standard InChI is InChI=1S/C19H23N5O/c1-2-22-11-13-23(14-12-22)18-8-7-16(20-21-18)19(25)24-10-9-15-5-3-4-6-17(15)24/h3-8H,2,9-14H2,1H3. The molecule has 0 spiro atoms. The van der Waals surface area contributed by atoms with Gasteiger partial charge in [0, 0.05) is 38.4 Å². The molecule has 25 heavy (non-hydrogen) atoms. The summed E-state index contributed by atoms with van der Waals surface area (Å²) in [5.74, 6) is 0.786. The normalized spacial score (nSPS) is 17.6. The van der Waals surface area contributed by atoms with Crippen LogP contribution in [0, 0.1) is 0 Å². The van der Waals surface area contributed by atoms with Crippen LogP contribution in [0.4, 0.5) is 11.5 Å². The maximum Gasteiger partial charge on any atom is 0.278 e. The predicted molar refractivity (Wildman–Crippen MR) is 98.2 cm³/mol. The molecule has 0 radical (unpaired) electrons. The lowest BCUT2D eigenvalue weighted by Gasteiger charge is -2.34. The molecule has 1 aromatic heterocycles. The van der Waals surface area contributed by atoms with Crippen LogP contribution in [0.5, 0.6) is 0 Å². The van der Waals surface area contributed by atoms with Gasteiger partial charge in [0.2, 0.25) is 0 Å². The Kier molecular flexibility index (Phi) is 4.36. The number of anilines is 2. The van der Waals surface area contributed by atoms with E-state index in [0.717, 1.165) is 50.6 Å². The fourth-order valence-electron chi connectivity index (χ4n) is 3.59. The van der Waals surface area contributed by atoms with E-state index in [1.807, 2.05) is 24.3 Å². The van der Waals surface area contributed by atoms with Crippen molar-refractivity contribution in [3.8, 4) is 0 Å². The number of fused-ring (bicyclic) bond motifs is 1. The van der Waals surface area contributed by atoms with Gasteiger partial charge in [-0.2, -0.15) is 0 Å². The molecule has 0 N–H and O–H groups in total. The SMILES string of the molecule is CCN1CCN(c2ccc(C(=O)N3CCc4ccccc43)nn2)CC1. The molecular formula is C19H23N5O. The van der Waals surface area contributed by atoms with E-state index in [0.29, 0.717) is 12.2 Å². The van der Waals surface area contributed by atoms with Crippen LogP contribution in [0.3, 0.4) is 0 Å². The van der Waals surface area contributed by atoms with E-state index in [-0.39, 0.29) is 5.91 Å². The summed E-state index contributed by atoms with van der Waals surface area (Å²) in [5.41, 5.74) is 2.62. The minimum absolute atomic E-state index is 0.0696. The molecule has 0 unspecified atom stereocenters. The highest BCUT2D eigenvalue weighted by molar-refractivity contribution is 6.06. The average molecular weight is 337 g/mol. The van der Waals surface area contributed by atoms with E-state index in [2.05, 4.69) is 33.0 Å². The molecule has 2 aromatic rings. The summed E-state index contributed by atoms with van der Waals surface area (Å²) in [6.07, 6.45) is 0.898. The van der Waals surface area contributed by atoms with Crippen LogP contribution in [0.1, 0.15) is 23.0 Å². The Morgan fingerprint density at radius 1 is 1.00 bits per heavy atom. The number of hydrogen-bond acceptors (Lipinski definition) is 5. The number of rotatable bonds is 3. The highest BCUT2D eigenvalue weighted by Crippen LogP contribution is 2.28. The van der Waals surface area contributed by atoms with Crippen molar-refractivity contribution in [3.05, 3.63) is 47.7 Å². The average Bonchev–Trinajstić information content (AvgIpc) is 3.12.